The average molecular weight is 333 g/mol. The molecule has 1 aromatic rings. The zero-order chi connectivity index (χ0) is 16.5. The highest BCUT2D eigenvalue weighted by atomic mass is 35.5. The van der Waals surface area contributed by atoms with Gasteiger partial charge in [0.25, 0.3) is 0 Å². The normalized spacial score (nSPS) is 39.9. The van der Waals surface area contributed by atoms with Gasteiger partial charge < -0.3 is 4.79 Å². The predicted octanol–water partition coefficient (Wildman–Crippen LogP) is 5.60. The highest BCUT2D eigenvalue weighted by Crippen LogP contribution is 2.60. The molecule has 2 bridgehead atoms. The fraction of sp³-hybridized carbons (Fsp3) is 0.667. The summed E-state index contributed by atoms with van der Waals surface area (Å²) in [5.74, 6) is 2.73. The third-order valence-electron chi connectivity index (χ3n) is 6.76. The second-order valence-electron chi connectivity index (χ2n) is 8.16. The first-order valence-electron chi connectivity index (χ1n) is 9.16. The van der Waals surface area contributed by atoms with E-state index in [0.717, 1.165) is 31.1 Å². The molecule has 2 aliphatic rings. The molecule has 0 N–H and O–H groups in total. The summed E-state index contributed by atoms with van der Waals surface area (Å²) >= 11 is 6.09. The number of hydrogen-bond acceptors (Lipinski definition) is 1. The van der Waals surface area contributed by atoms with E-state index in [9.17, 15) is 4.79 Å². The lowest BCUT2D eigenvalue weighted by molar-refractivity contribution is -0.124. The molecule has 0 heterocycles. The minimum Gasteiger partial charge on any atom is -0.303 e. The highest BCUT2D eigenvalue weighted by molar-refractivity contribution is 6.18. The van der Waals surface area contributed by atoms with Gasteiger partial charge in [-0.15, -0.1) is 11.6 Å². The SMILES string of the molecule is CCC1C(C)CC2(c3ccccc3)CC1CC(C=O)(CCCl)C2. The summed E-state index contributed by atoms with van der Waals surface area (Å²) in [5.41, 5.74) is 1.39. The Morgan fingerprint density at radius 1 is 1.22 bits per heavy atom. The number of benzene rings is 1. The van der Waals surface area contributed by atoms with Crippen molar-refractivity contribution < 1.29 is 4.79 Å². The van der Waals surface area contributed by atoms with E-state index in [4.69, 9.17) is 11.6 Å². The van der Waals surface area contributed by atoms with Crippen molar-refractivity contribution in [2.24, 2.45) is 23.2 Å². The van der Waals surface area contributed by atoms with Gasteiger partial charge in [-0.1, -0.05) is 50.6 Å². The number of carbonyl (C=O) groups excluding carboxylic acids is 1. The topological polar surface area (TPSA) is 17.1 Å². The summed E-state index contributed by atoms with van der Waals surface area (Å²) in [6, 6.07) is 10.9. The van der Waals surface area contributed by atoms with Gasteiger partial charge in [-0.3, -0.25) is 0 Å². The summed E-state index contributed by atoms with van der Waals surface area (Å²) in [5, 5.41) is 0. The second kappa shape index (κ2) is 6.59. The molecule has 0 saturated heterocycles. The summed E-state index contributed by atoms with van der Waals surface area (Å²) in [6.07, 6.45) is 7.79. The maximum atomic E-state index is 12.1. The Bertz CT molecular complexity index is 538. The molecule has 0 radical (unpaired) electrons. The molecule has 5 unspecified atom stereocenters. The fourth-order valence-corrected chi connectivity index (χ4v) is 6.37. The largest absolute Gasteiger partial charge is 0.303 e. The van der Waals surface area contributed by atoms with Crippen LogP contribution >= 0.6 is 11.6 Å². The molecule has 5 atom stereocenters. The number of alkyl halides is 1. The molecular weight excluding hydrogens is 304 g/mol. The molecule has 0 aliphatic heterocycles. The van der Waals surface area contributed by atoms with Crippen LogP contribution in [0, 0.1) is 23.2 Å². The van der Waals surface area contributed by atoms with E-state index in [1.54, 1.807) is 0 Å². The van der Waals surface area contributed by atoms with Crippen molar-refractivity contribution in [2.45, 2.75) is 57.8 Å². The molecule has 2 saturated carbocycles. The first-order chi connectivity index (χ1) is 11.1. The lowest BCUT2D eigenvalue weighted by Gasteiger charge is -2.57. The van der Waals surface area contributed by atoms with Gasteiger partial charge in [0.15, 0.2) is 0 Å². The first-order valence-corrected chi connectivity index (χ1v) is 9.69. The molecular formula is C21H29ClO. The van der Waals surface area contributed by atoms with Gasteiger partial charge in [0.05, 0.1) is 0 Å². The third-order valence-corrected chi connectivity index (χ3v) is 6.95. The molecule has 0 amide bonds. The van der Waals surface area contributed by atoms with Crippen molar-refractivity contribution in [3.8, 4) is 0 Å². The number of halogens is 1. The van der Waals surface area contributed by atoms with E-state index >= 15 is 0 Å². The van der Waals surface area contributed by atoms with E-state index in [1.807, 2.05) is 0 Å². The van der Waals surface area contributed by atoms with Crippen LogP contribution in [-0.4, -0.2) is 12.2 Å². The van der Waals surface area contributed by atoms with Crippen LogP contribution in [0.15, 0.2) is 30.3 Å². The first kappa shape index (κ1) is 17.0. The number of fused-ring (bicyclic) bond motifs is 2. The maximum absolute atomic E-state index is 12.1. The predicted molar refractivity (Wildman–Crippen MR) is 96.9 cm³/mol. The van der Waals surface area contributed by atoms with Gasteiger partial charge in [0.1, 0.15) is 6.29 Å². The van der Waals surface area contributed by atoms with Gasteiger partial charge in [0, 0.05) is 11.3 Å². The van der Waals surface area contributed by atoms with E-state index < -0.39 is 0 Å². The van der Waals surface area contributed by atoms with Gasteiger partial charge in [-0.2, -0.15) is 0 Å². The molecule has 23 heavy (non-hydrogen) atoms. The summed E-state index contributed by atoms with van der Waals surface area (Å²) in [7, 11) is 0. The van der Waals surface area contributed by atoms with Crippen molar-refractivity contribution in [1.82, 2.24) is 0 Å². The van der Waals surface area contributed by atoms with Crippen LogP contribution in [0.5, 0.6) is 0 Å². The van der Waals surface area contributed by atoms with Crippen LogP contribution in [0.3, 0.4) is 0 Å². The lowest BCUT2D eigenvalue weighted by Crippen LogP contribution is -2.51. The van der Waals surface area contributed by atoms with Crippen LogP contribution in [0.2, 0.25) is 0 Å². The molecule has 2 fully saturated rings. The molecule has 2 aliphatic carbocycles. The fourth-order valence-electron chi connectivity index (χ4n) is 6.00. The van der Waals surface area contributed by atoms with Crippen LogP contribution in [0.4, 0.5) is 0 Å². The van der Waals surface area contributed by atoms with Crippen molar-refractivity contribution in [1.29, 1.82) is 0 Å². The van der Waals surface area contributed by atoms with Crippen LogP contribution in [0.1, 0.15) is 57.9 Å². The van der Waals surface area contributed by atoms with Gasteiger partial charge in [-0.05, 0) is 60.8 Å². The molecule has 0 spiro atoms. The molecule has 126 valence electrons. The Morgan fingerprint density at radius 2 is 1.96 bits per heavy atom. The van der Waals surface area contributed by atoms with E-state index in [2.05, 4.69) is 44.2 Å². The Balaban J connectivity index is 2.04. The van der Waals surface area contributed by atoms with Gasteiger partial charge >= 0.3 is 0 Å². The highest BCUT2D eigenvalue weighted by Gasteiger charge is 2.54. The Hall–Kier alpha value is -0.820. The lowest BCUT2D eigenvalue weighted by atomic mass is 9.47. The molecule has 1 nitrogen and oxygen atoms in total. The van der Waals surface area contributed by atoms with Crippen molar-refractivity contribution in [3.05, 3.63) is 35.9 Å². The number of hydrogen-bond donors (Lipinski definition) is 0. The van der Waals surface area contributed by atoms with Crippen LogP contribution < -0.4 is 0 Å². The quantitative estimate of drug-likeness (QED) is 0.506. The molecule has 1 aromatic carbocycles. The standard InChI is InChI=1S/C21H29ClO/c1-3-19-16(2)11-21(18-7-5-4-6-8-18)13-17(19)12-20(14-21,15-23)9-10-22/h4-8,15-17,19H,3,9-14H2,1-2H3. The van der Waals surface area contributed by atoms with Crippen molar-refractivity contribution >= 4 is 17.9 Å². The molecule has 3 rings (SSSR count). The molecule has 0 aromatic heterocycles. The Kier molecular flexibility index (Phi) is 4.88. The Labute approximate surface area is 145 Å². The van der Waals surface area contributed by atoms with Crippen LogP contribution in [-0.2, 0) is 10.2 Å². The van der Waals surface area contributed by atoms with E-state index in [0.29, 0.717) is 11.8 Å². The minimum atomic E-state index is -0.214. The number of rotatable bonds is 5. The second-order valence-corrected chi connectivity index (χ2v) is 8.54. The number of aldehydes is 1. The number of carbonyl (C=O) groups is 1. The van der Waals surface area contributed by atoms with Gasteiger partial charge in [-0.25, -0.2) is 0 Å². The average Bonchev–Trinajstić information content (AvgIpc) is 2.55. The smallest absolute Gasteiger partial charge is 0.126 e. The zero-order valence-electron chi connectivity index (χ0n) is 14.4. The van der Waals surface area contributed by atoms with Crippen molar-refractivity contribution in [2.75, 3.05) is 5.88 Å². The zero-order valence-corrected chi connectivity index (χ0v) is 15.2. The monoisotopic (exact) mass is 332 g/mol. The van der Waals surface area contributed by atoms with E-state index in [1.165, 1.54) is 31.1 Å². The van der Waals surface area contributed by atoms with Gasteiger partial charge in [0.2, 0.25) is 0 Å². The third kappa shape index (κ3) is 2.97. The van der Waals surface area contributed by atoms with Crippen molar-refractivity contribution in [3.63, 3.8) is 0 Å². The summed E-state index contributed by atoms with van der Waals surface area (Å²) in [4.78, 5) is 12.1. The summed E-state index contributed by atoms with van der Waals surface area (Å²) in [6.45, 7) is 4.74. The van der Waals surface area contributed by atoms with Crippen LogP contribution in [0.25, 0.3) is 0 Å². The minimum absolute atomic E-state index is 0.169. The van der Waals surface area contributed by atoms with E-state index in [-0.39, 0.29) is 10.8 Å². The summed E-state index contributed by atoms with van der Waals surface area (Å²) < 4.78 is 0. The molecule has 2 heteroatoms. The maximum Gasteiger partial charge on any atom is 0.126 e. The Morgan fingerprint density at radius 3 is 2.57 bits per heavy atom.